The van der Waals surface area contributed by atoms with Gasteiger partial charge in [0.2, 0.25) is 0 Å². The first kappa shape index (κ1) is 23.6. The summed E-state index contributed by atoms with van der Waals surface area (Å²) in [5.41, 5.74) is 2.40. The molecule has 31 heavy (non-hydrogen) atoms. The van der Waals surface area contributed by atoms with Crippen LogP contribution in [0.4, 0.5) is 8.78 Å². The van der Waals surface area contributed by atoms with Gasteiger partial charge in [-0.1, -0.05) is 0 Å². The molecule has 2 aromatic carbocycles. The molecule has 3 aromatic rings. The van der Waals surface area contributed by atoms with Crippen LogP contribution >= 0.6 is 27.7 Å². The molecule has 0 saturated carbocycles. The highest BCUT2D eigenvalue weighted by atomic mass is 79.9. The Bertz CT molecular complexity index is 1150. The maximum Gasteiger partial charge on any atom is 0.340 e. The van der Waals surface area contributed by atoms with Crippen LogP contribution in [0, 0.1) is 11.6 Å². The summed E-state index contributed by atoms with van der Waals surface area (Å²) < 4.78 is 34.6. The second kappa shape index (κ2) is 9.58. The molecular weight excluding hydrogens is 490 g/mol. The van der Waals surface area contributed by atoms with Crippen molar-refractivity contribution in [1.29, 1.82) is 0 Å². The molecule has 0 aliphatic carbocycles. The van der Waals surface area contributed by atoms with Crippen LogP contribution < -0.4 is 0 Å². The maximum atomic E-state index is 13.6. The van der Waals surface area contributed by atoms with Gasteiger partial charge >= 0.3 is 5.97 Å². The SMILES string of the molecule is CCOC(=O)c1c(CSc2ccc(F)c(F)c2)n(C)c2cc(Br)c(O)c(CN(C)C)c12. The average molecular weight is 513 g/mol. The Kier molecular flexibility index (Phi) is 7.28. The molecule has 3 rings (SSSR count). The Hall–Kier alpha value is -2.10. The fourth-order valence-corrected chi connectivity index (χ4v) is 4.91. The van der Waals surface area contributed by atoms with Crippen LogP contribution in [-0.2, 0) is 24.1 Å². The van der Waals surface area contributed by atoms with Gasteiger partial charge in [0.15, 0.2) is 11.6 Å². The summed E-state index contributed by atoms with van der Waals surface area (Å²) in [7, 11) is 5.58. The van der Waals surface area contributed by atoms with Gasteiger partial charge in [0.05, 0.1) is 22.2 Å². The molecule has 0 atom stereocenters. The van der Waals surface area contributed by atoms with E-state index in [2.05, 4.69) is 15.9 Å². The Labute approximate surface area is 192 Å². The third kappa shape index (κ3) is 4.73. The van der Waals surface area contributed by atoms with E-state index in [-0.39, 0.29) is 12.4 Å². The second-order valence-corrected chi connectivity index (χ2v) is 9.19. The molecule has 9 heteroatoms. The largest absolute Gasteiger partial charge is 0.506 e. The van der Waals surface area contributed by atoms with Crippen molar-refractivity contribution < 1.29 is 23.4 Å². The van der Waals surface area contributed by atoms with Crippen molar-refractivity contribution >= 4 is 44.6 Å². The van der Waals surface area contributed by atoms with Gasteiger partial charge in [0.25, 0.3) is 0 Å². The number of hydrogen-bond donors (Lipinski definition) is 1. The zero-order valence-corrected chi connectivity index (χ0v) is 20.0. The minimum Gasteiger partial charge on any atom is -0.506 e. The first-order valence-electron chi connectivity index (χ1n) is 9.56. The number of aromatic hydroxyl groups is 1. The lowest BCUT2D eigenvalue weighted by Gasteiger charge is -2.15. The van der Waals surface area contributed by atoms with Crippen molar-refractivity contribution in [3.8, 4) is 5.75 Å². The van der Waals surface area contributed by atoms with E-state index in [1.54, 1.807) is 13.0 Å². The van der Waals surface area contributed by atoms with Gasteiger partial charge in [-0.25, -0.2) is 13.6 Å². The quantitative estimate of drug-likeness (QED) is 0.336. The Morgan fingerprint density at radius 2 is 1.97 bits per heavy atom. The molecule has 0 spiro atoms. The number of benzene rings is 2. The Balaban J connectivity index is 2.19. The normalized spacial score (nSPS) is 11.5. The van der Waals surface area contributed by atoms with Crippen molar-refractivity contribution in [2.24, 2.45) is 7.05 Å². The van der Waals surface area contributed by atoms with Crippen LogP contribution in [0.3, 0.4) is 0 Å². The number of aromatic nitrogens is 1. The van der Waals surface area contributed by atoms with Crippen LogP contribution in [0.1, 0.15) is 28.5 Å². The summed E-state index contributed by atoms with van der Waals surface area (Å²) in [5.74, 6) is -1.93. The van der Waals surface area contributed by atoms with E-state index in [0.29, 0.717) is 43.9 Å². The minimum absolute atomic E-state index is 0.0668. The number of fused-ring (bicyclic) bond motifs is 1. The number of thioether (sulfide) groups is 1. The lowest BCUT2D eigenvalue weighted by molar-refractivity contribution is 0.0527. The van der Waals surface area contributed by atoms with Crippen molar-refractivity contribution in [1.82, 2.24) is 9.47 Å². The average Bonchev–Trinajstić information content (AvgIpc) is 2.98. The fourth-order valence-electron chi connectivity index (χ4n) is 3.46. The molecule has 0 fully saturated rings. The third-order valence-corrected chi connectivity index (χ3v) is 6.47. The van der Waals surface area contributed by atoms with Crippen molar-refractivity contribution in [2.75, 3.05) is 20.7 Å². The van der Waals surface area contributed by atoms with Crippen molar-refractivity contribution in [3.05, 3.63) is 57.2 Å². The summed E-state index contributed by atoms with van der Waals surface area (Å²) in [6.07, 6.45) is 0. The molecule has 5 nitrogen and oxygen atoms in total. The van der Waals surface area contributed by atoms with Gasteiger partial charge in [0.1, 0.15) is 5.75 Å². The van der Waals surface area contributed by atoms with Crippen LogP contribution in [0.25, 0.3) is 10.9 Å². The molecule has 0 bridgehead atoms. The van der Waals surface area contributed by atoms with Crippen molar-refractivity contribution in [2.45, 2.75) is 24.1 Å². The molecule has 0 radical (unpaired) electrons. The predicted octanol–water partition coefficient (Wildman–Crippen LogP) is 5.46. The van der Waals surface area contributed by atoms with E-state index in [0.717, 1.165) is 17.6 Å². The molecule has 0 amide bonds. The zero-order valence-electron chi connectivity index (χ0n) is 17.6. The summed E-state index contributed by atoms with van der Waals surface area (Å²) in [5, 5.41) is 11.3. The number of phenols is 1. The number of aryl methyl sites for hydroxylation is 1. The summed E-state index contributed by atoms with van der Waals surface area (Å²) in [4.78, 5) is 15.4. The lowest BCUT2D eigenvalue weighted by atomic mass is 10.0. The fraction of sp³-hybridized carbons (Fsp3) is 0.318. The third-order valence-electron chi connectivity index (χ3n) is 4.86. The number of carbonyl (C=O) groups is 1. The molecule has 0 aliphatic heterocycles. The highest BCUT2D eigenvalue weighted by Crippen LogP contribution is 2.41. The van der Waals surface area contributed by atoms with Crippen molar-refractivity contribution in [3.63, 3.8) is 0 Å². The molecular formula is C22H23BrF2N2O3S. The molecule has 166 valence electrons. The number of hydrogen-bond acceptors (Lipinski definition) is 5. The molecule has 1 N–H and O–H groups in total. The van der Waals surface area contributed by atoms with Gasteiger partial charge < -0.3 is 19.3 Å². The molecule has 0 unspecified atom stereocenters. The first-order chi connectivity index (χ1) is 14.6. The molecule has 0 saturated heterocycles. The smallest absolute Gasteiger partial charge is 0.340 e. The minimum atomic E-state index is -0.921. The Morgan fingerprint density at radius 1 is 1.26 bits per heavy atom. The van der Waals surface area contributed by atoms with Crippen LogP contribution in [0.2, 0.25) is 0 Å². The van der Waals surface area contributed by atoms with E-state index < -0.39 is 17.6 Å². The van der Waals surface area contributed by atoms with Crippen LogP contribution in [0.5, 0.6) is 5.75 Å². The standard InChI is InChI=1S/C22H23BrF2N2O3S/c1-5-30-22(29)20-18(11-31-12-6-7-15(24)16(25)8-12)27(4)17-9-14(23)21(28)13(19(17)20)10-26(2)3/h6-9,28H,5,10-11H2,1-4H3. The van der Waals surface area contributed by atoms with Crippen LogP contribution in [-0.4, -0.2) is 41.2 Å². The topological polar surface area (TPSA) is 54.7 Å². The number of esters is 1. The number of rotatable bonds is 7. The lowest BCUT2D eigenvalue weighted by Crippen LogP contribution is -2.13. The second-order valence-electron chi connectivity index (χ2n) is 7.28. The summed E-state index contributed by atoms with van der Waals surface area (Å²) >= 11 is 4.69. The molecule has 0 aliphatic rings. The maximum absolute atomic E-state index is 13.6. The van der Waals surface area contributed by atoms with Gasteiger partial charge in [-0.3, -0.25) is 0 Å². The summed E-state index contributed by atoms with van der Waals surface area (Å²) in [6.45, 7) is 2.35. The van der Waals surface area contributed by atoms with E-state index in [4.69, 9.17) is 4.74 Å². The number of ether oxygens (including phenoxy) is 1. The van der Waals surface area contributed by atoms with Gasteiger partial charge in [-0.2, -0.15) is 0 Å². The monoisotopic (exact) mass is 512 g/mol. The number of carbonyl (C=O) groups excluding carboxylic acids is 1. The van der Waals surface area contributed by atoms with Gasteiger partial charge in [0, 0.05) is 40.9 Å². The predicted molar refractivity (Wildman–Crippen MR) is 122 cm³/mol. The zero-order chi connectivity index (χ0) is 22.9. The van der Waals surface area contributed by atoms with E-state index in [9.17, 15) is 18.7 Å². The number of halogens is 3. The Morgan fingerprint density at radius 3 is 2.58 bits per heavy atom. The molecule has 1 aromatic heterocycles. The first-order valence-corrected chi connectivity index (χ1v) is 11.3. The number of nitrogens with zero attached hydrogens (tertiary/aromatic N) is 2. The van der Waals surface area contributed by atoms with E-state index in [1.165, 1.54) is 17.8 Å². The van der Waals surface area contributed by atoms with E-state index >= 15 is 0 Å². The van der Waals surface area contributed by atoms with Crippen LogP contribution in [0.15, 0.2) is 33.6 Å². The summed E-state index contributed by atoms with van der Waals surface area (Å²) in [6, 6.07) is 5.47. The highest BCUT2D eigenvalue weighted by Gasteiger charge is 2.27. The molecule has 1 heterocycles. The van der Waals surface area contributed by atoms with E-state index in [1.807, 2.05) is 30.6 Å². The van der Waals surface area contributed by atoms with Gasteiger partial charge in [-0.15, -0.1) is 11.8 Å². The highest BCUT2D eigenvalue weighted by molar-refractivity contribution is 9.10. The number of phenolic OH excluding ortho intramolecular Hbond substituents is 1. The van der Waals surface area contributed by atoms with Gasteiger partial charge in [-0.05, 0) is 61.2 Å².